The van der Waals surface area contributed by atoms with Gasteiger partial charge in [0.05, 0.1) is 7.11 Å². The van der Waals surface area contributed by atoms with Gasteiger partial charge in [0.15, 0.2) is 11.5 Å². The first kappa shape index (κ1) is 12.2. The third-order valence-corrected chi connectivity index (χ3v) is 4.79. The second kappa shape index (κ2) is 4.67. The van der Waals surface area contributed by atoms with Crippen LogP contribution in [0.2, 0.25) is 0 Å². The van der Waals surface area contributed by atoms with Gasteiger partial charge in [-0.3, -0.25) is 0 Å². The second-order valence-corrected chi connectivity index (χ2v) is 6.38. The first-order valence-corrected chi connectivity index (χ1v) is 7.54. The van der Waals surface area contributed by atoms with E-state index in [1.54, 1.807) is 7.11 Å². The lowest BCUT2D eigenvalue weighted by Crippen LogP contribution is -2.31. The van der Waals surface area contributed by atoms with E-state index < -0.39 is 0 Å². The highest BCUT2D eigenvalue weighted by Crippen LogP contribution is 2.38. The van der Waals surface area contributed by atoms with Crippen LogP contribution in [0, 0.1) is 0 Å². The van der Waals surface area contributed by atoms with Crippen molar-refractivity contribution in [3.8, 4) is 11.5 Å². The number of rotatable bonds is 5. The molecule has 3 nitrogen and oxygen atoms in total. The number of hydrogen-bond acceptors (Lipinski definition) is 4. The van der Waals surface area contributed by atoms with Crippen LogP contribution < -0.4 is 15.2 Å². The Hall–Kier alpha value is -0.870. The Morgan fingerprint density at radius 2 is 2.11 bits per heavy atom. The first-order valence-electron chi connectivity index (χ1n) is 6.39. The number of benzene rings is 1. The summed E-state index contributed by atoms with van der Waals surface area (Å²) in [7, 11) is 1.68. The highest BCUT2D eigenvalue weighted by molar-refractivity contribution is 8.00. The van der Waals surface area contributed by atoms with Crippen molar-refractivity contribution in [1.29, 1.82) is 0 Å². The predicted molar refractivity (Wildman–Crippen MR) is 74.6 cm³/mol. The van der Waals surface area contributed by atoms with Crippen molar-refractivity contribution in [2.75, 3.05) is 18.6 Å². The number of ether oxygens (including phenoxy) is 2. The molecule has 3 rings (SSSR count). The van der Waals surface area contributed by atoms with Gasteiger partial charge in [-0.25, -0.2) is 0 Å². The van der Waals surface area contributed by atoms with Crippen molar-refractivity contribution >= 4 is 11.8 Å². The van der Waals surface area contributed by atoms with Crippen LogP contribution in [0.4, 0.5) is 0 Å². The molecule has 0 atom stereocenters. The van der Waals surface area contributed by atoms with Gasteiger partial charge < -0.3 is 15.2 Å². The second-order valence-electron chi connectivity index (χ2n) is 5.30. The van der Waals surface area contributed by atoms with Crippen molar-refractivity contribution in [3.63, 3.8) is 0 Å². The van der Waals surface area contributed by atoms with Gasteiger partial charge in [-0.2, -0.15) is 11.8 Å². The van der Waals surface area contributed by atoms with E-state index in [4.69, 9.17) is 15.2 Å². The van der Waals surface area contributed by atoms with Crippen LogP contribution in [0.15, 0.2) is 18.2 Å². The Labute approximate surface area is 112 Å². The third-order valence-electron chi connectivity index (χ3n) is 3.58. The van der Waals surface area contributed by atoms with Crippen LogP contribution >= 0.6 is 11.8 Å². The molecule has 1 saturated heterocycles. The molecular formula is C14H19NO2S. The molecule has 2 N–H and O–H groups in total. The van der Waals surface area contributed by atoms with E-state index in [1.165, 1.54) is 5.56 Å². The van der Waals surface area contributed by atoms with E-state index >= 15 is 0 Å². The minimum Gasteiger partial charge on any atom is -0.493 e. The molecule has 1 saturated carbocycles. The topological polar surface area (TPSA) is 44.5 Å². The van der Waals surface area contributed by atoms with Gasteiger partial charge in [-0.1, -0.05) is 6.07 Å². The predicted octanol–water partition coefficient (Wildman–Crippen LogP) is 2.22. The quantitative estimate of drug-likeness (QED) is 0.886. The molecule has 4 heteroatoms. The molecule has 2 fully saturated rings. The van der Waals surface area contributed by atoms with Crippen molar-refractivity contribution in [3.05, 3.63) is 23.8 Å². The lowest BCUT2D eigenvalue weighted by Gasteiger charge is -2.27. The average molecular weight is 265 g/mol. The van der Waals surface area contributed by atoms with Gasteiger partial charge in [-0.05, 0) is 37.0 Å². The molecule has 2 aliphatic rings. The van der Waals surface area contributed by atoms with Gasteiger partial charge in [0, 0.05) is 17.0 Å². The minimum atomic E-state index is 0.0399. The van der Waals surface area contributed by atoms with E-state index in [1.807, 2.05) is 17.8 Å². The Bertz CT molecular complexity index is 441. The molecule has 1 heterocycles. The lowest BCUT2D eigenvalue weighted by molar-refractivity contribution is 0.228. The number of hydrogen-bond donors (Lipinski definition) is 1. The molecule has 1 aliphatic carbocycles. The standard InChI is InChI=1S/C14H19NO2S/c1-16-12-3-2-10(7-14(15)4-5-14)6-13(12)17-11-8-18-9-11/h2-3,6,11H,4-5,7-9,15H2,1H3. The zero-order valence-corrected chi connectivity index (χ0v) is 11.5. The largest absolute Gasteiger partial charge is 0.493 e. The van der Waals surface area contributed by atoms with E-state index in [0.717, 1.165) is 42.3 Å². The maximum absolute atomic E-state index is 6.16. The number of methoxy groups -OCH3 is 1. The smallest absolute Gasteiger partial charge is 0.161 e. The van der Waals surface area contributed by atoms with E-state index in [9.17, 15) is 0 Å². The maximum Gasteiger partial charge on any atom is 0.161 e. The van der Waals surface area contributed by atoms with E-state index in [-0.39, 0.29) is 5.54 Å². The molecule has 0 aromatic heterocycles. The Morgan fingerprint density at radius 3 is 2.67 bits per heavy atom. The van der Waals surface area contributed by atoms with Crippen LogP contribution in [0.5, 0.6) is 11.5 Å². The van der Waals surface area contributed by atoms with E-state index in [0.29, 0.717) is 6.10 Å². The van der Waals surface area contributed by atoms with Crippen molar-refractivity contribution in [2.45, 2.75) is 30.9 Å². The summed E-state index contributed by atoms with van der Waals surface area (Å²) in [6.45, 7) is 0. The summed E-state index contributed by atoms with van der Waals surface area (Å²) in [5, 5.41) is 0. The third kappa shape index (κ3) is 2.59. The monoisotopic (exact) mass is 265 g/mol. The molecule has 1 aromatic rings. The molecule has 98 valence electrons. The fraction of sp³-hybridized carbons (Fsp3) is 0.571. The summed E-state index contributed by atoms with van der Waals surface area (Å²) in [5.74, 6) is 3.84. The van der Waals surface area contributed by atoms with Gasteiger partial charge >= 0.3 is 0 Å². The van der Waals surface area contributed by atoms with E-state index in [2.05, 4.69) is 12.1 Å². The zero-order valence-electron chi connectivity index (χ0n) is 10.6. The summed E-state index contributed by atoms with van der Waals surface area (Å²) in [5.41, 5.74) is 7.45. The molecule has 0 spiro atoms. The maximum atomic E-state index is 6.16. The Balaban J connectivity index is 1.76. The summed E-state index contributed by atoms with van der Waals surface area (Å²) in [6, 6.07) is 6.17. The molecule has 0 amide bonds. The van der Waals surface area contributed by atoms with Crippen LogP contribution in [0.25, 0.3) is 0 Å². The zero-order chi connectivity index (χ0) is 12.6. The average Bonchev–Trinajstić information content (AvgIpc) is 3.02. The molecule has 0 unspecified atom stereocenters. The van der Waals surface area contributed by atoms with Gasteiger partial charge in [-0.15, -0.1) is 0 Å². The molecule has 18 heavy (non-hydrogen) atoms. The summed E-state index contributed by atoms with van der Waals surface area (Å²) >= 11 is 1.92. The minimum absolute atomic E-state index is 0.0399. The van der Waals surface area contributed by atoms with Gasteiger partial charge in [0.25, 0.3) is 0 Å². The Morgan fingerprint density at radius 1 is 1.33 bits per heavy atom. The van der Waals surface area contributed by atoms with Gasteiger partial charge in [0.1, 0.15) is 6.10 Å². The highest BCUT2D eigenvalue weighted by Gasteiger charge is 2.38. The van der Waals surface area contributed by atoms with Gasteiger partial charge in [0.2, 0.25) is 0 Å². The molecular weight excluding hydrogens is 246 g/mol. The van der Waals surface area contributed by atoms with Crippen LogP contribution in [-0.4, -0.2) is 30.3 Å². The summed E-state index contributed by atoms with van der Waals surface area (Å²) in [6.07, 6.45) is 3.54. The molecule has 1 aromatic carbocycles. The fourth-order valence-corrected chi connectivity index (χ4v) is 2.69. The number of nitrogens with two attached hydrogens (primary N) is 1. The molecule has 0 bridgehead atoms. The summed E-state index contributed by atoms with van der Waals surface area (Å²) < 4.78 is 11.3. The van der Waals surface area contributed by atoms with Crippen molar-refractivity contribution in [1.82, 2.24) is 0 Å². The van der Waals surface area contributed by atoms with Crippen molar-refractivity contribution < 1.29 is 9.47 Å². The molecule has 0 radical (unpaired) electrons. The number of thioether (sulfide) groups is 1. The normalized spacial score (nSPS) is 21.2. The molecule has 1 aliphatic heterocycles. The summed E-state index contributed by atoms with van der Waals surface area (Å²) in [4.78, 5) is 0. The van der Waals surface area contributed by atoms with Crippen molar-refractivity contribution in [2.24, 2.45) is 5.73 Å². The Kier molecular flexibility index (Phi) is 3.16. The van der Waals surface area contributed by atoms with Crippen LogP contribution in [-0.2, 0) is 6.42 Å². The first-order chi connectivity index (χ1) is 8.68. The fourth-order valence-electron chi connectivity index (χ4n) is 2.13. The SMILES string of the molecule is COc1ccc(CC2(N)CC2)cc1OC1CSC1. The lowest BCUT2D eigenvalue weighted by atomic mass is 10.0. The van der Waals surface area contributed by atoms with Crippen LogP contribution in [0.3, 0.4) is 0 Å². The highest BCUT2D eigenvalue weighted by atomic mass is 32.2. The van der Waals surface area contributed by atoms with Crippen LogP contribution in [0.1, 0.15) is 18.4 Å².